The molecule has 2 aromatic carbocycles. The fraction of sp³-hybridized carbons (Fsp3) is 0.500. The lowest BCUT2D eigenvalue weighted by Gasteiger charge is -2.31. The monoisotopic (exact) mass is 568 g/mol. The van der Waals surface area contributed by atoms with Gasteiger partial charge in [0.2, 0.25) is 10.0 Å². The Labute approximate surface area is 236 Å². The van der Waals surface area contributed by atoms with Crippen LogP contribution < -0.4 is 11.1 Å². The van der Waals surface area contributed by atoms with E-state index < -0.39 is 15.9 Å². The summed E-state index contributed by atoms with van der Waals surface area (Å²) >= 11 is 0. The third-order valence-electron chi connectivity index (χ3n) is 8.11. The van der Waals surface area contributed by atoms with Crippen LogP contribution in [0.2, 0.25) is 0 Å². The van der Waals surface area contributed by atoms with Crippen molar-refractivity contribution in [3.05, 3.63) is 59.3 Å². The Morgan fingerprint density at radius 2 is 2.00 bits per heavy atom. The number of aromatic amines is 1. The first-order chi connectivity index (χ1) is 19.4. The Morgan fingerprint density at radius 1 is 1.18 bits per heavy atom. The highest BCUT2D eigenvalue weighted by Crippen LogP contribution is 2.37. The van der Waals surface area contributed by atoms with Crippen LogP contribution in [-0.4, -0.2) is 75.4 Å². The first kappa shape index (κ1) is 28.8. The van der Waals surface area contributed by atoms with Gasteiger partial charge in [0.05, 0.1) is 22.9 Å². The average Bonchev–Trinajstić information content (AvgIpc) is 3.63. The lowest BCUT2D eigenvalue weighted by Crippen LogP contribution is -2.39. The van der Waals surface area contributed by atoms with Gasteiger partial charge < -0.3 is 25.5 Å². The van der Waals surface area contributed by atoms with E-state index in [0.29, 0.717) is 37.8 Å². The van der Waals surface area contributed by atoms with Crippen molar-refractivity contribution in [2.45, 2.75) is 50.7 Å². The van der Waals surface area contributed by atoms with Crippen molar-refractivity contribution >= 4 is 26.8 Å². The standard InChI is InChI=1S/C30H40N4O5S/c1-38-12-4-14-40(36,37)34-10-8-22(9-11-34)28-20-33-29-26(28)16-24(17-27(29)30(31)35)23-6-2-5-21(15-23)18-32-19-25-7-3-13-39-25/h2,5-6,15-17,20,22,25,32-33H,3-4,7-14,18-19H2,1H3,(H2,31,35)/t25-/m1/s1. The normalized spacial score (nSPS) is 19.0. The van der Waals surface area contributed by atoms with E-state index in [1.807, 2.05) is 18.3 Å². The van der Waals surface area contributed by atoms with E-state index >= 15 is 0 Å². The molecular formula is C30H40N4O5S. The Bertz CT molecular complexity index is 1420. The van der Waals surface area contributed by atoms with E-state index in [9.17, 15) is 13.2 Å². The quantitative estimate of drug-likeness (QED) is 0.286. The number of hydrogen-bond donors (Lipinski definition) is 3. The first-order valence-electron chi connectivity index (χ1n) is 14.2. The number of nitrogens with zero attached hydrogens (tertiary/aromatic N) is 1. The van der Waals surface area contributed by atoms with Crippen LogP contribution in [0.25, 0.3) is 22.0 Å². The number of ether oxygens (including phenoxy) is 2. The zero-order valence-electron chi connectivity index (χ0n) is 23.2. The van der Waals surface area contributed by atoms with Crippen molar-refractivity contribution < 1.29 is 22.7 Å². The Morgan fingerprint density at radius 3 is 2.73 bits per heavy atom. The smallest absolute Gasteiger partial charge is 0.250 e. The van der Waals surface area contributed by atoms with Gasteiger partial charge in [0, 0.05) is 58.1 Å². The van der Waals surface area contributed by atoms with Crippen LogP contribution in [0.3, 0.4) is 0 Å². The van der Waals surface area contributed by atoms with Crippen molar-refractivity contribution in [3.8, 4) is 11.1 Å². The number of benzene rings is 2. The summed E-state index contributed by atoms with van der Waals surface area (Å²) in [6.45, 7) is 3.82. The number of nitrogens with two attached hydrogens (primary N) is 1. The summed E-state index contributed by atoms with van der Waals surface area (Å²) < 4.78 is 37.8. The SMILES string of the molecule is COCCCS(=O)(=O)N1CCC(c2c[nH]c3c(C(N)=O)cc(-c4cccc(CNC[C@H]5CCCO5)c4)cc23)CC1. The molecule has 3 heterocycles. The zero-order chi connectivity index (χ0) is 28.1. The van der Waals surface area contributed by atoms with Gasteiger partial charge in [-0.15, -0.1) is 0 Å². The first-order valence-corrected chi connectivity index (χ1v) is 15.8. The number of nitrogens with one attached hydrogen (secondary N) is 2. The molecule has 1 aromatic heterocycles. The number of H-pyrrole nitrogens is 1. The minimum Gasteiger partial charge on any atom is -0.385 e. The number of hydrogen-bond acceptors (Lipinski definition) is 6. The second-order valence-electron chi connectivity index (χ2n) is 10.9. The van der Waals surface area contributed by atoms with Crippen LogP contribution in [0.1, 0.15) is 59.5 Å². The van der Waals surface area contributed by atoms with E-state index in [4.69, 9.17) is 15.2 Å². The molecule has 216 valence electrons. The number of sulfonamides is 1. The number of primary amides is 1. The van der Waals surface area contributed by atoms with Gasteiger partial charge in [-0.05, 0) is 78.5 Å². The van der Waals surface area contributed by atoms with Crippen molar-refractivity contribution in [1.82, 2.24) is 14.6 Å². The van der Waals surface area contributed by atoms with E-state index in [-0.39, 0.29) is 11.7 Å². The Kier molecular flexibility index (Phi) is 9.22. The van der Waals surface area contributed by atoms with Crippen molar-refractivity contribution in [2.75, 3.05) is 45.7 Å². The number of methoxy groups -OCH3 is 1. The minimum absolute atomic E-state index is 0.104. The lowest BCUT2D eigenvalue weighted by molar-refractivity contribution is 0.100. The Balaban J connectivity index is 1.35. The molecule has 4 N–H and O–H groups in total. The second kappa shape index (κ2) is 12.8. The van der Waals surface area contributed by atoms with Gasteiger partial charge in [-0.2, -0.15) is 0 Å². The van der Waals surface area contributed by atoms with Crippen molar-refractivity contribution in [2.24, 2.45) is 5.73 Å². The van der Waals surface area contributed by atoms with E-state index in [1.165, 1.54) is 0 Å². The van der Waals surface area contributed by atoms with Crippen molar-refractivity contribution in [1.29, 1.82) is 0 Å². The summed E-state index contributed by atoms with van der Waals surface area (Å²) in [6, 6.07) is 12.3. The molecule has 5 rings (SSSR count). The molecule has 0 bridgehead atoms. The molecule has 0 radical (unpaired) electrons. The maximum absolute atomic E-state index is 12.7. The van der Waals surface area contributed by atoms with Gasteiger partial charge in [-0.1, -0.05) is 18.2 Å². The number of rotatable bonds is 12. The number of carbonyl (C=O) groups excluding carboxylic acids is 1. The maximum Gasteiger partial charge on any atom is 0.250 e. The average molecular weight is 569 g/mol. The molecular weight excluding hydrogens is 528 g/mol. The summed E-state index contributed by atoms with van der Waals surface area (Å²) in [5, 5.41) is 4.47. The predicted octanol–water partition coefficient (Wildman–Crippen LogP) is 3.75. The molecule has 2 aliphatic rings. The Hall–Kier alpha value is -2.76. The molecule has 0 spiro atoms. The largest absolute Gasteiger partial charge is 0.385 e. The van der Waals surface area contributed by atoms with Crippen LogP contribution in [0.5, 0.6) is 0 Å². The van der Waals surface area contributed by atoms with Gasteiger partial charge >= 0.3 is 0 Å². The molecule has 0 saturated carbocycles. The van der Waals surface area contributed by atoms with E-state index in [1.54, 1.807) is 11.4 Å². The summed E-state index contributed by atoms with van der Waals surface area (Å²) in [6.07, 6.45) is 6.41. The lowest BCUT2D eigenvalue weighted by atomic mass is 9.88. The van der Waals surface area contributed by atoms with Gasteiger partial charge in [-0.25, -0.2) is 12.7 Å². The fourth-order valence-corrected chi connectivity index (χ4v) is 7.46. The van der Waals surface area contributed by atoms with Crippen LogP contribution in [0.4, 0.5) is 0 Å². The second-order valence-corrected chi connectivity index (χ2v) is 12.9. The highest BCUT2D eigenvalue weighted by atomic mass is 32.2. The highest BCUT2D eigenvalue weighted by Gasteiger charge is 2.30. The summed E-state index contributed by atoms with van der Waals surface area (Å²) in [7, 11) is -1.72. The molecule has 2 saturated heterocycles. The van der Waals surface area contributed by atoms with E-state index in [2.05, 4.69) is 34.6 Å². The molecule has 2 fully saturated rings. The predicted molar refractivity (Wildman–Crippen MR) is 157 cm³/mol. The number of carbonyl (C=O) groups is 1. The van der Waals surface area contributed by atoms with Crippen LogP contribution in [0.15, 0.2) is 42.6 Å². The zero-order valence-corrected chi connectivity index (χ0v) is 24.0. The molecule has 0 aliphatic carbocycles. The van der Waals surface area contributed by atoms with Gasteiger partial charge in [-0.3, -0.25) is 4.79 Å². The van der Waals surface area contributed by atoms with Gasteiger partial charge in [0.25, 0.3) is 5.91 Å². The van der Waals surface area contributed by atoms with Gasteiger partial charge in [0.15, 0.2) is 0 Å². The van der Waals surface area contributed by atoms with E-state index in [0.717, 1.165) is 78.5 Å². The minimum atomic E-state index is -3.29. The molecule has 1 amide bonds. The molecule has 10 heteroatoms. The third kappa shape index (κ3) is 6.58. The number of aromatic nitrogens is 1. The number of amides is 1. The van der Waals surface area contributed by atoms with Gasteiger partial charge in [0.1, 0.15) is 0 Å². The third-order valence-corrected chi connectivity index (χ3v) is 10.1. The van der Waals surface area contributed by atoms with Crippen molar-refractivity contribution in [3.63, 3.8) is 0 Å². The molecule has 40 heavy (non-hydrogen) atoms. The molecule has 2 aliphatic heterocycles. The fourth-order valence-electron chi connectivity index (χ4n) is 5.96. The van der Waals surface area contributed by atoms with Crippen LogP contribution in [0, 0.1) is 0 Å². The molecule has 0 unspecified atom stereocenters. The maximum atomic E-state index is 12.7. The summed E-state index contributed by atoms with van der Waals surface area (Å²) in [5.74, 6) is -0.192. The highest BCUT2D eigenvalue weighted by molar-refractivity contribution is 7.89. The topological polar surface area (TPSA) is 127 Å². The molecule has 3 aromatic rings. The summed E-state index contributed by atoms with van der Waals surface area (Å²) in [4.78, 5) is 15.8. The molecule has 9 nitrogen and oxygen atoms in total. The number of piperidine rings is 1. The molecule has 1 atom stereocenters. The van der Waals surface area contributed by atoms with Crippen LogP contribution >= 0.6 is 0 Å². The summed E-state index contributed by atoms with van der Waals surface area (Å²) in [5.41, 5.74) is 11.2. The van der Waals surface area contributed by atoms with Crippen LogP contribution in [-0.2, 0) is 26.0 Å². The number of fused-ring (bicyclic) bond motifs is 1.